The number of carbonyl (C=O) groups excluding carboxylic acids is 1. The maximum atomic E-state index is 12.6. The number of fused-ring (bicyclic) bond motifs is 2. The van der Waals surface area contributed by atoms with E-state index < -0.39 is 0 Å². The summed E-state index contributed by atoms with van der Waals surface area (Å²) in [7, 11) is 0. The lowest BCUT2D eigenvalue weighted by Crippen LogP contribution is -2.47. The Labute approximate surface area is 136 Å². The summed E-state index contributed by atoms with van der Waals surface area (Å²) in [6.45, 7) is 6.97. The molecule has 0 aromatic heterocycles. The average Bonchev–Trinajstić information content (AvgIpc) is 2.71. The summed E-state index contributed by atoms with van der Waals surface area (Å²) in [6.07, 6.45) is 3.49. The van der Waals surface area contributed by atoms with Crippen LogP contribution in [0.3, 0.4) is 0 Å². The van der Waals surface area contributed by atoms with Crippen LogP contribution in [0.1, 0.15) is 50.4 Å². The van der Waals surface area contributed by atoms with Gasteiger partial charge in [-0.1, -0.05) is 50.0 Å². The highest BCUT2D eigenvalue weighted by Crippen LogP contribution is 2.65. The summed E-state index contributed by atoms with van der Waals surface area (Å²) in [5.74, 6) is 0.537. The number of benzene rings is 1. The number of carbonyl (C=O) groups is 1. The molecule has 0 spiro atoms. The second kappa shape index (κ2) is 4.89. The third-order valence-corrected chi connectivity index (χ3v) is 6.92. The SMILES string of the molecule is CC1(C)[C@@H]2CC[C@]1(C)[C@@H](NC(=O)c1c(Cl)cccc1Cl)C2. The van der Waals surface area contributed by atoms with Crippen molar-refractivity contribution in [2.45, 2.75) is 46.1 Å². The molecule has 1 N–H and O–H groups in total. The van der Waals surface area contributed by atoms with Crippen molar-refractivity contribution < 1.29 is 4.79 Å². The standard InChI is InChI=1S/C17H21Cl2NO/c1-16(2)10-7-8-17(16,3)13(9-10)20-15(21)14-11(18)5-4-6-12(14)19/h4-6,10,13H,7-9H2,1-3H3,(H,20,21)/t10-,13+,17-/m1/s1. The number of amides is 1. The van der Waals surface area contributed by atoms with Gasteiger partial charge in [0.25, 0.3) is 5.91 Å². The van der Waals surface area contributed by atoms with Crippen molar-refractivity contribution in [1.82, 2.24) is 5.32 Å². The molecular weight excluding hydrogens is 305 g/mol. The average molecular weight is 326 g/mol. The predicted molar refractivity (Wildman–Crippen MR) is 86.9 cm³/mol. The quantitative estimate of drug-likeness (QED) is 0.819. The van der Waals surface area contributed by atoms with Crippen molar-refractivity contribution >= 4 is 29.1 Å². The summed E-state index contributed by atoms with van der Waals surface area (Å²) >= 11 is 12.3. The van der Waals surface area contributed by atoms with Crippen LogP contribution in [0.4, 0.5) is 0 Å². The molecule has 3 rings (SSSR count). The normalized spacial score (nSPS) is 33.2. The molecular formula is C17H21Cl2NO. The molecule has 0 unspecified atom stereocenters. The highest BCUT2D eigenvalue weighted by atomic mass is 35.5. The van der Waals surface area contributed by atoms with Crippen LogP contribution in [0, 0.1) is 16.7 Å². The fourth-order valence-corrected chi connectivity index (χ4v) is 4.94. The Hall–Kier alpha value is -0.730. The Morgan fingerprint density at radius 1 is 1.24 bits per heavy atom. The van der Waals surface area contributed by atoms with Gasteiger partial charge in [0.2, 0.25) is 0 Å². The molecule has 0 radical (unpaired) electrons. The van der Waals surface area contributed by atoms with Crippen LogP contribution in [-0.2, 0) is 0 Å². The van der Waals surface area contributed by atoms with Crippen molar-refractivity contribution in [2.24, 2.45) is 16.7 Å². The van der Waals surface area contributed by atoms with Crippen LogP contribution >= 0.6 is 23.2 Å². The van der Waals surface area contributed by atoms with Gasteiger partial charge in [0, 0.05) is 6.04 Å². The van der Waals surface area contributed by atoms with Crippen LogP contribution in [0.25, 0.3) is 0 Å². The maximum Gasteiger partial charge on any atom is 0.254 e. The fourth-order valence-electron chi connectivity index (χ4n) is 4.37. The largest absolute Gasteiger partial charge is 0.349 e. The highest BCUT2D eigenvalue weighted by molar-refractivity contribution is 6.39. The first kappa shape index (κ1) is 15.2. The molecule has 21 heavy (non-hydrogen) atoms. The highest BCUT2D eigenvalue weighted by Gasteiger charge is 2.61. The molecule has 2 aliphatic carbocycles. The lowest BCUT2D eigenvalue weighted by atomic mass is 9.69. The molecule has 2 bridgehead atoms. The Morgan fingerprint density at radius 2 is 1.86 bits per heavy atom. The van der Waals surface area contributed by atoms with E-state index in [4.69, 9.17) is 23.2 Å². The summed E-state index contributed by atoms with van der Waals surface area (Å²) in [5, 5.41) is 4.02. The van der Waals surface area contributed by atoms with Gasteiger partial charge in [-0.15, -0.1) is 0 Å². The Balaban J connectivity index is 1.84. The predicted octanol–water partition coefficient (Wildman–Crippen LogP) is 4.94. The Bertz CT molecular complexity index is 578. The zero-order valence-corrected chi connectivity index (χ0v) is 14.2. The summed E-state index contributed by atoms with van der Waals surface area (Å²) in [5.41, 5.74) is 0.820. The molecule has 1 amide bonds. The smallest absolute Gasteiger partial charge is 0.254 e. The van der Waals surface area contributed by atoms with Gasteiger partial charge in [0.05, 0.1) is 15.6 Å². The lowest BCUT2D eigenvalue weighted by Gasteiger charge is -2.39. The number of rotatable bonds is 2. The van der Waals surface area contributed by atoms with Gasteiger partial charge < -0.3 is 5.32 Å². The number of hydrogen-bond donors (Lipinski definition) is 1. The van der Waals surface area contributed by atoms with E-state index in [1.807, 2.05) is 0 Å². The van der Waals surface area contributed by atoms with Gasteiger partial charge >= 0.3 is 0 Å². The third-order valence-electron chi connectivity index (χ3n) is 6.29. The zero-order valence-electron chi connectivity index (χ0n) is 12.7. The van der Waals surface area contributed by atoms with Crippen LogP contribution in [0.5, 0.6) is 0 Å². The first-order valence-corrected chi connectivity index (χ1v) is 8.28. The van der Waals surface area contributed by atoms with E-state index in [1.165, 1.54) is 12.8 Å². The molecule has 2 aliphatic rings. The van der Waals surface area contributed by atoms with Crippen molar-refractivity contribution in [3.8, 4) is 0 Å². The van der Waals surface area contributed by atoms with Crippen LogP contribution in [0.15, 0.2) is 18.2 Å². The van der Waals surface area contributed by atoms with Gasteiger partial charge in [-0.3, -0.25) is 4.79 Å². The molecule has 1 aromatic rings. The monoisotopic (exact) mass is 325 g/mol. The molecule has 3 atom stereocenters. The summed E-state index contributed by atoms with van der Waals surface area (Å²) in [4.78, 5) is 12.6. The van der Waals surface area contributed by atoms with Crippen molar-refractivity contribution in [1.29, 1.82) is 0 Å². The molecule has 2 fully saturated rings. The Kier molecular flexibility index (Phi) is 3.53. The molecule has 0 saturated heterocycles. The van der Waals surface area contributed by atoms with E-state index in [9.17, 15) is 4.79 Å². The van der Waals surface area contributed by atoms with Crippen molar-refractivity contribution in [2.75, 3.05) is 0 Å². The van der Waals surface area contributed by atoms with E-state index >= 15 is 0 Å². The number of nitrogens with one attached hydrogen (secondary N) is 1. The van der Waals surface area contributed by atoms with Crippen LogP contribution in [0.2, 0.25) is 10.0 Å². The van der Waals surface area contributed by atoms with Gasteiger partial charge in [-0.05, 0) is 48.1 Å². The maximum absolute atomic E-state index is 12.6. The Morgan fingerprint density at radius 3 is 2.33 bits per heavy atom. The first-order chi connectivity index (χ1) is 9.77. The van der Waals surface area contributed by atoms with E-state index in [0.29, 0.717) is 21.5 Å². The van der Waals surface area contributed by atoms with E-state index in [0.717, 1.165) is 6.42 Å². The lowest BCUT2D eigenvalue weighted by molar-refractivity contribution is 0.0826. The van der Waals surface area contributed by atoms with Gasteiger partial charge in [-0.25, -0.2) is 0 Å². The van der Waals surface area contributed by atoms with Crippen molar-refractivity contribution in [3.05, 3.63) is 33.8 Å². The first-order valence-electron chi connectivity index (χ1n) is 7.52. The van der Waals surface area contributed by atoms with E-state index in [2.05, 4.69) is 26.1 Å². The molecule has 0 heterocycles. The minimum Gasteiger partial charge on any atom is -0.349 e. The summed E-state index contributed by atoms with van der Waals surface area (Å²) < 4.78 is 0. The number of hydrogen-bond acceptors (Lipinski definition) is 1. The van der Waals surface area contributed by atoms with Crippen molar-refractivity contribution in [3.63, 3.8) is 0 Å². The third kappa shape index (κ3) is 2.10. The molecule has 2 saturated carbocycles. The van der Waals surface area contributed by atoms with E-state index in [1.54, 1.807) is 18.2 Å². The van der Waals surface area contributed by atoms with E-state index in [-0.39, 0.29) is 22.8 Å². The minimum absolute atomic E-state index is 0.153. The molecule has 2 nitrogen and oxygen atoms in total. The molecule has 114 valence electrons. The van der Waals surface area contributed by atoms with Gasteiger partial charge in [0.15, 0.2) is 0 Å². The number of halogens is 2. The summed E-state index contributed by atoms with van der Waals surface area (Å²) in [6, 6.07) is 5.36. The fraction of sp³-hybridized carbons (Fsp3) is 0.588. The molecule has 4 heteroatoms. The zero-order chi connectivity index (χ0) is 15.4. The minimum atomic E-state index is -0.153. The second-order valence-electron chi connectivity index (χ2n) is 7.23. The molecule has 0 aliphatic heterocycles. The topological polar surface area (TPSA) is 29.1 Å². The second-order valence-corrected chi connectivity index (χ2v) is 8.05. The van der Waals surface area contributed by atoms with Gasteiger partial charge in [0.1, 0.15) is 0 Å². The molecule has 1 aromatic carbocycles. The van der Waals surface area contributed by atoms with Gasteiger partial charge in [-0.2, -0.15) is 0 Å². The van der Waals surface area contributed by atoms with Crippen LogP contribution in [-0.4, -0.2) is 11.9 Å². The van der Waals surface area contributed by atoms with Crippen LogP contribution < -0.4 is 5.32 Å².